The van der Waals surface area contributed by atoms with Crippen molar-refractivity contribution in [1.29, 1.82) is 0 Å². The Labute approximate surface area is 227 Å². The van der Waals surface area contributed by atoms with E-state index in [2.05, 4.69) is 4.99 Å². The lowest BCUT2D eigenvalue weighted by Crippen LogP contribution is -2.39. The SMILES string of the molecule is CCOC(=O)COc1ccc(/C=c2\sc3n(c2=O)C(c2cccs2)C(C(=O)OCC)=C(C)N=3)cc1OCC. The molecule has 11 heteroatoms. The quantitative estimate of drug-likeness (QED) is 0.353. The molecule has 2 aromatic heterocycles. The van der Waals surface area contributed by atoms with E-state index in [9.17, 15) is 14.4 Å². The second kappa shape index (κ2) is 12.2. The summed E-state index contributed by atoms with van der Waals surface area (Å²) in [4.78, 5) is 44.2. The van der Waals surface area contributed by atoms with Crippen LogP contribution >= 0.6 is 22.7 Å². The van der Waals surface area contributed by atoms with Gasteiger partial charge < -0.3 is 18.9 Å². The summed E-state index contributed by atoms with van der Waals surface area (Å²) < 4.78 is 23.5. The number of rotatable bonds is 10. The van der Waals surface area contributed by atoms with E-state index in [4.69, 9.17) is 18.9 Å². The highest BCUT2D eigenvalue weighted by Gasteiger charge is 2.33. The lowest BCUT2D eigenvalue weighted by atomic mass is 10.0. The van der Waals surface area contributed by atoms with E-state index < -0.39 is 18.0 Å². The fourth-order valence-corrected chi connectivity index (χ4v) is 5.87. The van der Waals surface area contributed by atoms with Gasteiger partial charge in [-0.05, 0) is 62.9 Å². The molecule has 0 saturated heterocycles. The van der Waals surface area contributed by atoms with Crippen molar-refractivity contribution < 1.29 is 28.5 Å². The molecule has 3 aromatic rings. The van der Waals surface area contributed by atoms with Crippen LogP contribution in [0.5, 0.6) is 11.5 Å². The van der Waals surface area contributed by atoms with Gasteiger partial charge in [0.05, 0.1) is 35.6 Å². The first-order valence-corrected chi connectivity index (χ1v) is 13.9. The number of thiazole rings is 1. The fraction of sp³-hybridized carbons (Fsp3) is 0.333. The summed E-state index contributed by atoms with van der Waals surface area (Å²) in [5.41, 5.74) is 1.32. The molecule has 0 spiro atoms. The molecular formula is C27H28N2O7S2. The third-order valence-corrected chi connectivity index (χ3v) is 7.45. The summed E-state index contributed by atoms with van der Waals surface area (Å²) in [5, 5.41) is 1.91. The number of thiophene rings is 1. The Morgan fingerprint density at radius 1 is 1.05 bits per heavy atom. The monoisotopic (exact) mass is 556 g/mol. The van der Waals surface area contributed by atoms with Crippen LogP contribution in [0.3, 0.4) is 0 Å². The van der Waals surface area contributed by atoms with Gasteiger partial charge >= 0.3 is 11.9 Å². The van der Waals surface area contributed by atoms with Crippen LogP contribution in [0.4, 0.5) is 0 Å². The number of carbonyl (C=O) groups excluding carboxylic acids is 2. The van der Waals surface area contributed by atoms with Gasteiger partial charge in [0.1, 0.15) is 6.04 Å². The van der Waals surface area contributed by atoms with Gasteiger partial charge in [0.15, 0.2) is 22.9 Å². The molecule has 9 nitrogen and oxygen atoms in total. The first-order chi connectivity index (χ1) is 18.4. The zero-order valence-corrected chi connectivity index (χ0v) is 23.1. The summed E-state index contributed by atoms with van der Waals surface area (Å²) in [7, 11) is 0. The van der Waals surface area contributed by atoms with Crippen molar-refractivity contribution >= 4 is 40.7 Å². The molecule has 4 rings (SSSR count). The lowest BCUT2D eigenvalue weighted by Gasteiger charge is -2.23. The highest BCUT2D eigenvalue weighted by molar-refractivity contribution is 7.10. The van der Waals surface area contributed by atoms with Crippen LogP contribution in [0, 0.1) is 0 Å². The zero-order chi connectivity index (χ0) is 27.2. The number of allylic oxidation sites excluding steroid dienone is 1. The summed E-state index contributed by atoms with van der Waals surface area (Å²) in [6.45, 7) is 7.70. The van der Waals surface area contributed by atoms with E-state index in [1.807, 2.05) is 24.4 Å². The van der Waals surface area contributed by atoms with E-state index in [-0.39, 0.29) is 25.4 Å². The second-order valence-corrected chi connectivity index (χ2v) is 10.0. The van der Waals surface area contributed by atoms with Crippen LogP contribution in [0.25, 0.3) is 6.08 Å². The van der Waals surface area contributed by atoms with Crippen molar-refractivity contribution in [2.45, 2.75) is 33.7 Å². The fourth-order valence-electron chi connectivity index (χ4n) is 4.00. The van der Waals surface area contributed by atoms with Crippen LogP contribution in [0.1, 0.15) is 44.2 Å². The Bertz CT molecular complexity index is 1530. The van der Waals surface area contributed by atoms with E-state index in [1.165, 1.54) is 22.7 Å². The Kier molecular flexibility index (Phi) is 8.80. The van der Waals surface area contributed by atoms with Crippen LogP contribution < -0.4 is 24.4 Å². The van der Waals surface area contributed by atoms with Gasteiger partial charge in [-0.3, -0.25) is 9.36 Å². The molecule has 38 heavy (non-hydrogen) atoms. The molecule has 1 aromatic carbocycles. The Morgan fingerprint density at radius 3 is 2.53 bits per heavy atom. The molecular weight excluding hydrogens is 528 g/mol. The molecule has 1 aliphatic heterocycles. The maximum Gasteiger partial charge on any atom is 0.344 e. The number of esters is 2. The number of aromatic nitrogens is 1. The predicted molar refractivity (Wildman–Crippen MR) is 144 cm³/mol. The first kappa shape index (κ1) is 27.3. The number of carbonyl (C=O) groups is 2. The normalized spacial score (nSPS) is 15.1. The molecule has 200 valence electrons. The van der Waals surface area contributed by atoms with Crippen molar-refractivity contribution in [3.05, 3.63) is 77.1 Å². The number of nitrogens with zero attached hydrogens (tertiary/aromatic N) is 2. The number of hydrogen-bond acceptors (Lipinski definition) is 10. The molecule has 0 amide bonds. The third kappa shape index (κ3) is 5.73. The minimum Gasteiger partial charge on any atom is -0.490 e. The number of fused-ring (bicyclic) bond motifs is 1. The zero-order valence-electron chi connectivity index (χ0n) is 21.5. The van der Waals surface area contributed by atoms with Crippen molar-refractivity contribution in [3.63, 3.8) is 0 Å². The van der Waals surface area contributed by atoms with Gasteiger partial charge in [-0.1, -0.05) is 23.5 Å². The first-order valence-electron chi connectivity index (χ1n) is 12.2. The molecule has 0 aliphatic carbocycles. The van der Waals surface area contributed by atoms with Crippen molar-refractivity contribution in [2.75, 3.05) is 26.4 Å². The Hall–Kier alpha value is -3.70. The van der Waals surface area contributed by atoms with Gasteiger partial charge in [-0.15, -0.1) is 11.3 Å². The van der Waals surface area contributed by atoms with Gasteiger partial charge in [-0.25, -0.2) is 14.6 Å². The number of hydrogen-bond donors (Lipinski definition) is 0. The van der Waals surface area contributed by atoms with Crippen molar-refractivity contribution in [1.82, 2.24) is 4.57 Å². The summed E-state index contributed by atoms with van der Waals surface area (Å²) in [6.07, 6.45) is 1.75. The van der Waals surface area contributed by atoms with Crippen molar-refractivity contribution in [3.8, 4) is 11.5 Å². The third-order valence-electron chi connectivity index (χ3n) is 5.55. The molecule has 0 radical (unpaired) electrons. The van der Waals surface area contributed by atoms with Gasteiger partial charge in [-0.2, -0.15) is 0 Å². The molecule has 0 N–H and O–H groups in total. The molecule has 0 fully saturated rings. The van der Waals surface area contributed by atoms with E-state index in [0.717, 1.165) is 4.88 Å². The van der Waals surface area contributed by atoms with E-state index in [1.54, 1.807) is 49.6 Å². The smallest absolute Gasteiger partial charge is 0.344 e. The average Bonchev–Trinajstić information content (AvgIpc) is 3.52. The highest BCUT2D eigenvalue weighted by atomic mass is 32.1. The lowest BCUT2D eigenvalue weighted by molar-refractivity contribution is -0.145. The van der Waals surface area contributed by atoms with Crippen LogP contribution in [-0.2, 0) is 19.1 Å². The molecule has 0 saturated carbocycles. The maximum atomic E-state index is 13.7. The number of ether oxygens (including phenoxy) is 4. The standard InChI is InChI=1S/C27H28N2O7S2/c1-5-33-19-13-17(10-11-18(19)36-15-22(30)34-6-2)14-21-25(31)29-24(20-9-8-12-37-20)23(26(32)35-7-3)16(4)28-27(29)38-21/h8-14,24H,5-7,15H2,1-4H3/b21-14-. The summed E-state index contributed by atoms with van der Waals surface area (Å²) >= 11 is 2.71. The van der Waals surface area contributed by atoms with Gasteiger partial charge in [0.2, 0.25) is 0 Å². The second-order valence-electron chi connectivity index (χ2n) is 8.05. The highest BCUT2D eigenvalue weighted by Crippen LogP contribution is 2.33. The molecule has 1 atom stereocenters. The molecule has 1 aliphatic rings. The largest absolute Gasteiger partial charge is 0.490 e. The molecule has 3 heterocycles. The van der Waals surface area contributed by atoms with E-state index >= 15 is 0 Å². The Balaban J connectivity index is 1.76. The average molecular weight is 557 g/mol. The molecule has 1 unspecified atom stereocenters. The van der Waals surface area contributed by atoms with Crippen molar-refractivity contribution in [2.24, 2.45) is 4.99 Å². The van der Waals surface area contributed by atoms with Gasteiger partial charge in [0, 0.05) is 4.88 Å². The van der Waals surface area contributed by atoms with Crippen LogP contribution in [-0.4, -0.2) is 42.9 Å². The topological polar surface area (TPSA) is 105 Å². The van der Waals surface area contributed by atoms with Gasteiger partial charge in [0.25, 0.3) is 5.56 Å². The van der Waals surface area contributed by atoms with Crippen LogP contribution in [0.2, 0.25) is 0 Å². The minimum atomic E-state index is -0.620. The van der Waals surface area contributed by atoms with Crippen LogP contribution in [0.15, 0.2) is 56.8 Å². The Morgan fingerprint density at radius 2 is 1.84 bits per heavy atom. The van der Waals surface area contributed by atoms with E-state index in [0.29, 0.717) is 44.3 Å². The minimum absolute atomic E-state index is 0.221. The summed E-state index contributed by atoms with van der Waals surface area (Å²) in [5.74, 6) is -0.125. The predicted octanol–water partition coefficient (Wildman–Crippen LogP) is 3.20. The molecule has 0 bridgehead atoms. The summed E-state index contributed by atoms with van der Waals surface area (Å²) in [6, 6.07) is 8.36. The number of benzene rings is 1. The maximum absolute atomic E-state index is 13.7.